The van der Waals surface area contributed by atoms with E-state index in [-0.39, 0.29) is 0 Å². The average Bonchev–Trinajstić information content (AvgIpc) is 2.11. The molecule has 0 bridgehead atoms. The van der Waals surface area contributed by atoms with E-state index < -0.39 is 0 Å². The van der Waals surface area contributed by atoms with Crippen molar-refractivity contribution in [2.75, 3.05) is 0 Å². The summed E-state index contributed by atoms with van der Waals surface area (Å²) in [5.41, 5.74) is 0. The van der Waals surface area contributed by atoms with Crippen LogP contribution >= 0.6 is 0 Å². The van der Waals surface area contributed by atoms with Crippen molar-refractivity contribution in [3.8, 4) is 0 Å². The van der Waals surface area contributed by atoms with Crippen LogP contribution in [0, 0.1) is 5.92 Å². The molecule has 0 saturated carbocycles. The highest BCUT2D eigenvalue weighted by Crippen LogP contribution is 1.81. The normalized spacial score (nSPS) is 8.44. The summed E-state index contributed by atoms with van der Waals surface area (Å²) in [5.74, 6) is 0.833. The Kier molecular flexibility index (Phi) is 4.78. The number of aromatic amines is 1. The first-order valence-corrected chi connectivity index (χ1v) is 3.03. The maximum atomic E-state index is 3.49. The minimum absolute atomic E-state index is 0.833. The lowest BCUT2D eigenvalue weighted by Crippen LogP contribution is -1.66. The zero-order valence-corrected chi connectivity index (χ0v) is 6.13. The maximum absolute atomic E-state index is 3.49. The topological polar surface area (TPSA) is 41.6 Å². The Labute approximate surface area is 55.5 Å². The first-order chi connectivity index (χ1) is 4.23. The van der Waals surface area contributed by atoms with Gasteiger partial charge in [0, 0.05) is 0 Å². The van der Waals surface area contributed by atoms with Gasteiger partial charge in [0.15, 0.2) is 0 Å². The Balaban J connectivity index is 0.000000148. The minimum Gasteiger partial charge on any atom is -0.198 e. The summed E-state index contributed by atoms with van der Waals surface area (Å²) in [5, 5.41) is 9.33. The lowest BCUT2D eigenvalue weighted by molar-refractivity contribution is 0.737. The van der Waals surface area contributed by atoms with Crippen molar-refractivity contribution in [2.24, 2.45) is 5.92 Å². The summed E-state index contributed by atoms with van der Waals surface area (Å²) in [6.07, 6.45) is 3.17. The van der Waals surface area contributed by atoms with Gasteiger partial charge in [0.2, 0.25) is 0 Å². The van der Waals surface area contributed by atoms with Crippen LogP contribution in [0.25, 0.3) is 0 Å². The highest BCUT2D eigenvalue weighted by atomic mass is 15.3. The van der Waals surface area contributed by atoms with Crippen LogP contribution in [0.5, 0.6) is 0 Å². The maximum Gasteiger partial charge on any atom is 0.0690 e. The van der Waals surface area contributed by atoms with Gasteiger partial charge in [-0.1, -0.05) is 20.8 Å². The number of nitrogens with zero attached hydrogens (tertiary/aromatic N) is 2. The van der Waals surface area contributed by atoms with E-state index in [1.807, 2.05) is 0 Å². The summed E-state index contributed by atoms with van der Waals surface area (Å²) < 4.78 is 0. The average molecular weight is 127 g/mol. The first kappa shape index (κ1) is 8.14. The monoisotopic (exact) mass is 127 g/mol. The third-order valence-electron chi connectivity index (χ3n) is 0.331. The second-order valence-electron chi connectivity index (χ2n) is 2.39. The van der Waals surface area contributed by atoms with Gasteiger partial charge >= 0.3 is 0 Å². The lowest BCUT2D eigenvalue weighted by Gasteiger charge is -1.79. The van der Waals surface area contributed by atoms with E-state index >= 15 is 0 Å². The van der Waals surface area contributed by atoms with Crippen LogP contribution in [0.2, 0.25) is 0 Å². The van der Waals surface area contributed by atoms with Gasteiger partial charge in [0.05, 0.1) is 12.4 Å². The van der Waals surface area contributed by atoms with Crippen molar-refractivity contribution in [2.45, 2.75) is 20.8 Å². The Hall–Kier alpha value is -0.860. The molecule has 3 heteroatoms. The molecule has 1 heterocycles. The van der Waals surface area contributed by atoms with Gasteiger partial charge in [-0.05, 0) is 5.92 Å². The van der Waals surface area contributed by atoms with Gasteiger partial charge in [-0.25, -0.2) is 0 Å². The van der Waals surface area contributed by atoms with E-state index in [2.05, 4.69) is 36.2 Å². The summed E-state index contributed by atoms with van der Waals surface area (Å²) >= 11 is 0. The molecule has 3 nitrogen and oxygen atoms in total. The van der Waals surface area contributed by atoms with Crippen molar-refractivity contribution in [3.05, 3.63) is 12.4 Å². The van der Waals surface area contributed by atoms with Crippen LogP contribution in [-0.2, 0) is 0 Å². The number of hydrogen-bond donors (Lipinski definition) is 1. The van der Waals surface area contributed by atoms with Crippen molar-refractivity contribution >= 4 is 0 Å². The molecule has 0 aromatic carbocycles. The number of rotatable bonds is 0. The molecule has 0 amide bonds. The van der Waals surface area contributed by atoms with E-state index in [4.69, 9.17) is 0 Å². The summed E-state index contributed by atoms with van der Waals surface area (Å²) in [7, 11) is 0. The number of aromatic nitrogens is 3. The Morgan fingerprint density at radius 3 is 1.56 bits per heavy atom. The van der Waals surface area contributed by atoms with E-state index in [0.29, 0.717) is 0 Å². The highest BCUT2D eigenvalue weighted by molar-refractivity contribution is 4.54. The molecule has 1 aromatic rings. The van der Waals surface area contributed by atoms with Crippen LogP contribution in [0.4, 0.5) is 0 Å². The summed E-state index contributed by atoms with van der Waals surface area (Å²) in [6.45, 7) is 6.50. The molecule has 0 aliphatic carbocycles. The Morgan fingerprint density at radius 2 is 1.44 bits per heavy atom. The SMILES string of the molecule is CC(C)C.c1cn[nH]n1. The predicted octanol–water partition coefficient (Wildman–Crippen LogP) is 1.47. The third kappa shape index (κ3) is 11.0. The molecular weight excluding hydrogens is 114 g/mol. The van der Waals surface area contributed by atoms with Crippen molar-refractivity contribution in [1.29, 1.82) is 0 Å². The van der Waals surface area contributed by atoms with E-state index in [1.165, 1.54) is 0 Å². The Bertz CT molecular complexity index is 91.9. The quantitative estimate of drug-likeness (QED) is 0.573. The molecule has 1 rings (SSSR count). The molecule has 0 radical (unpaired) electrons. The molecule has 0 aliphatic rings. The third-order valence-corrected chi connectivity index (χ3v) is 0.331. The van der Waals surface area contributed by atoms with Crippen LogP contribution in [0.1, 0.15) is 20.8 Å². The highest BCUT2D eigenvalue weighted by Gasteiger charge is 1.68. The van der Waals surface area contributed by atoms with Crippen LogP contribution in [-0.4, -0.2) is 15.4 Å². The van der Waals surface area contributed by atoms with Crippen molar-refractivity contribution in [1.82, 2.24) is 15.4 Å². The second-order valence-corrected chi connectivity index (χ2v) is 2.39. The van der Waals surface area contributed by atoms with Gasteiger partial charge in [-0.15, -0.1) is 0 Å². The molecule has 52 valence electrons. The summed E-state index contributed by atoms with van der Waals surface area (Å²) in [4.78, 5) is 0. The van der Waals surface area contributed by atoms with Gasteiger partial charge in [-0.3, -0.25) is 0 Å². The molecule has 1 N–H and O–H groups in total. The second kappa shape index (κ2) is 5.28. The fourth-order valence-corrected chi connectivity index (χ4v) is 0.167. The zero-order valence-electron chi connectivity index (χ0n) is 6.13. The largest absolute Gasteiger partial charge is 0.198 e. The molecule has 0 spiro atoms. The number of nitrogens with one attached hydrogen (secondary N) is 1. The summed E-state index contributed by atoms with van der Waals surface area (Å²) in [6, 6.07) is 0. The first-order valence-electron chi connectivity index (χ1n) is 3.03. The van der Waals surface area contributed by atoms with E-state index in [0.717, 1.165) is 5.92 Å². The standard InChI is InChI=1S/C4H10.C2H3N3/c1-4(2)3;1-2-4-5-3-1/h4H,1-3H3;1-2H,(H,3,4,5). The lowest BCUT2D eigenvalue weighted by atomic mass is 10.3. The fourth-order valence-electron chi connectivity index (χ4n) is 0.167. The Morgan fingerprint density at radius 1 is 1.11 bits per heavy atom. The van der Waals surface area contributed by atoms with Crippen LogP contribution < -0.4 is 0 Å². The molecule has 0 aliphatic heterocycles. The molecule has 0 unspecified atom stereocenters. The molecule has 0 atom stereocenters. The van der Waals surface area contributed by atoms with E-state index in [9.17, 15) is 0 Å². The smallest absolute Gasteiger partial charge is 0.0690 e. The van der Waals surface area contributed by atoms with Crippen molar-refractivity contribution in [3.63, 3.8) is 0 Å². The molecule has 9 heavy (non-hydrogen) atoms. The fraction of sp³-hybridized carbons (Fsp3) is 0.667. The van der Waals surface area contributed by atoms with Gasteiger partial charge in [0.1, 0.15) is 0 Å². The van der Waals surface area contributed by atoms with Crippen molar-refractivity contribution < 1.29 is 0 Å². The van der Waals surface area contributed by atoms with Gasteiger partial charge in [0.25, 0.3) is 0 Å². The zero-order chi connectivity index (χ0) is 7.11. The molecular formula is C6H13N3. The van der Waals surface area contributed by atoms with Gasteiger partial charge < -0.3 is 0 Å². The molecule has 1 aromatic heterocycles. The number of hydrogen-bond acceptors (Lipinski definition) is 2. The van der Waals surface area contributed by atoms with Crippen LogP contribution in [0.15, 0.2) is 12.4 Å². The van der Waals surface area contributed by atoms with E-state index in [1.54, 1.807) is 12.4 Å². The van der Waals surface area contributed by atoms with Crippen LogP contribution in [0.3, 0.4) is 0 Å². The predicted molar refractivity (Wildman–Crippen MR) is 36.9 cm³/mol. The molecule has 0 saturated heterocycles. The minimum atomic E-state index is 0.833. The van der Waals surface area contributed by atoms with Gasteiger partial charge in [-0.2, -0.15) is 15.4 Å². The number of H-pyrrole nitrogens is 1. The molecule has 0 fully saturated rings.